The van der Waals surface area contributed by atoms with Gasteiger partial charge in [0.15, 0.2) is 0 Å². The molecule has 1 aromatic carbocycles. The topological polar surface area (TPSA) is 24.5 Å². The van der Waals surface area contributed by atoms with Crippen molar-refractivity contribution in [3.63, 3.8) is 0 Å². The van der Waals surface area contributed by atoms with Gasteiger partial charge in [0.25, 0.3) is 0 Å². The Bertz CT molecular complexity index is 484. The number of hydrogen-bond acceptors (Lipinski definition) is 3. The van der Waals surface area contributed by atoms with E-state index in [-0.39, 0.29) is 0 Å². The Kier molecular flexibility index (Phi) is 5.67. The predicted molar refractivity (Wildman–Crippen MR) is 87.3 cm³/mol. The molecule has 21 heavy (non-hydrogen) atoms. The van der Waals surface area contributed by atoms with Crippen LogP contribution in [-0.2, 0) is 6.54 Å². The van der Waals surface area contributed by atoms with E-state index in [0.717, 1.165) is 18.8 Å². The first-order valence-electron chi connectivity index (χ1n) is 7.66. The molecule has 0 atom stereocenters. The molecule has 1 aliphatic rings. The minimum atomic E-state index is 0.320. The van der Waals surface area contributed by atoms with Crippen LogP contribution in [0.1, 0.15) is 25.3 Å². The molecule has 0 radical (unpaired) electrons. The van der Waals surface area contributed by atoms with Crippen LogP contribution >= 0.6 is 0 Å². The quantitative estimate of drug-likeness (QED) is 0.813. The molecule has 0 aliphatic carbocycles. The summed E-state index contributed by atoms with van der Waals surface area (Å²) in [5, 5.41) is 3.59. The maximum Gasteiger partial charge on any atom is 0.148 e. The number of hydrogen-bond donors (Lipinski definition) is 1. The first kappa shape index (κ1) is 15.9. The normalized spacial score (nSPS) is 18.1. The molecule has 3 heteroatoms. The second kappa shape index (κ2) is 7.49. The molecule has 0 amide bonds. The van der Waals surface area contributed by atoms with Gasteiger partial charge in [0, 0.05) is 18.7 Å². The molecular weight excluding hydrogens is 260 g/mol. The summed E-state index contributed by atoms with van der Waals surface area (Å²) in [5.41, 5.74) is 1.57. The second-order valence-corrected chi connectivity index (χ2v) is 6.32. The second-order valence-electron chi connectivity index (χ2n) is 6.32. The van der Waals surface area contributed by atoms with E-state index in [1.807, 2.05) is 18.2 Å². The Hall–Kier alpha value is -1.50. The summed E-state index contributed by atoms with van der Waals surface area (Å²) < 4.78 is 5.59. The van der Waals surface area contributed by atoms with Crippen LogP contribution in [0.2, 0.25) is 0 Å². The molecule has 1 aromatic rings. The van der Waals surface area contributed by atoms with E-state index < -0.39 is 0 Å². The van der Waals surface area contributed by atoms with Crippen LogP contribution in [0.4, 0.5) is 0 Å². The fourth-order valence-electron chi connectivity index (χ4n) is 2.74. The van der Waals surface area contributed by atoms with Crippen molar-refractivity contribution in [2.75, 3.05) is 33.3 Å². The summed E-state index contributed by atoms with van der Waals surface area (Å²) >= 11 is 0. The minimum Gasteiger partial charge on any atom is -0.481 e. The first-order chi connectivity index (χ1) is 10.1. The van der Waals surface area contributed by atoms with Gasteiger partial charge in [-0.05, 0) is 44.5 Å². The summed E-state index contributed by atoms with van der Waals surface area (Å²) in [4.78, 5) is 2.41. The number of nitrogens with zero attached hydrogens (tertiary/aromatic N) is 1. The molecule has 3 nitrogen and oxygen atoms in total. The Morgan fingerprint density at radius 3 is 2.76 bits per heavy atom. The zero-order chi connectivity index (χ0) is 15.1. The van der Waals surface area contributed by atoms with Gasteiger partial charge >= 0.3 is 0 Å². The third-order valence-electron chi connectivity index (χ3n) is 4.34. The van der Waals surface area contributed by atoms with Crippen LogP contribution in [0.5, 0.6) is 5.75 Å². The fraction of sp³-hybridized carbons (Fsp3) is 0.556. The lowest BCUT2D eigenvalue weighted by Crippen LogP contribution is -2.41. The van der Waals surface area contributed by atoms with Crippen molar-refractivity contribution < 1.29 is 4.74 Å². The molecule has 1 heterocycles. The predicted octanol–water partition coefficient (Wildman–Crippen LogP) is 2.52. The molecule has 0 spiro atoms. The molecule has 1 N–H and O–H groups in total. The van der Waals surface area contributed by atoms with Crippen molar-refractivity contribution in [1.82, 2.24) is 10.2 Å². The summed E-state index contributed by atoms with van der Waals surface area (Å²) in [6, 6.07) is 8.09. The molecule has 2 rings (SSSR count). The van der Waals surface area contributed by atoms with Crippen molar-refractivity contribution in [3.8, 4) is 18.1 Å². The molecular formula is C18H26N2O. The Balaban J connectivity index is 1.84. The van der Waals surface area contributed by atoms with E-state index in [0.29, 0.717) is 12.0 Å². The van der Waals surface area contributed by atoms with Gasteiger partial charge in [0.1, 0.15) is 12.4 Å². The molecule has 0 unspecified atom stereocenters. The summed E-state index contributed by atoms with van der Waals surface area (Å²) in [7, 11) is 2.20. The lowest BCUT2D eigenvalue weighted by molar-refractivity contribution is 0.136. The average Bonchev–Trinajstić information content (AvgIpc) is 2.50. The zero-order valence-electron chi connectivity index (χ0n) is 13.2. The highest BCUT2D eigenvalue weighted by atomic mass is 16.5. The third-order valence-corrected chi connectivity index (χ3v) is 4.34. The molecule has 1 fully saturated rings. The van der Waals surface area contributed by atoms with Crippen LogP contribution < -0.4 is 10.1 Å². The maximum atomic E-state index is 5.59. The van der Waals surface area contributed by atoms with E-state index in [2.05, 4.69) is 36.2 Å². The number of para-hydroxylation sites is 1. The third kappa shape index (κ3) is 4.77. The molecule has 1 saturated heterocycles. The number of likely N-dealkylation sites (tertiary alicyclic amines) is 1. The van der Waals surface area contributed by atoms with Crippen LogP contribution in [0.15, 0.2) is 24.3 Å². The van der Waals surface area contributed by atoms with E-state index >= 15 is 0 Å². The van der Waals surface area contributed by atoms with Gasteiger partial charge in [0.05, 0.1) is 0 Å². The van der Waals surface area contributed by atoms with Gasteiger partial charge < -0.3 is 15.0 Å². The summed E-state index contributed by atoms with van der Waals surface area (Å²) in [6.45, 7) is 6.96. The van der Waals surface area contributed by atoms with Crippen LogP contribution in [0.3, 0.4) is 0 Å². The molecule has 0 bridgehead atoms. The van der Waals surface area contributed by atoms with Crippen molar-refractivity contribution in [1.29, 1.82) is 0 Å². The van der Waals surface area contributed by atoms with E-state index in [1.54, 1.807) is 0 Å². The van der Waals surface area contributed by atoms with Gasteiger partial charge in [-0.25, -0.2) is 0 Å². The number of terminal acetylenes is 1. The van der Waals surface area contributed by atoms with E-state index in [1.165, 1.54) is 31.5 Å². The highest BCUT2D eigenvalue weighted by molar-refractivity contribution is 5.33. The number of benzene rings is 1. The highest BCUT2D eigenvalue weighted by Crippen LogP contribution is 2.29. The van der Waals surface area contributed by atoms with Crippen LogP contribution in [0, 0.1) is 17.8 Å². The van der Waals surface area contributed by atoms with Gasteiger partial charge in [-0.3, -0.25) is 0 Å². The number of ether oxygens (including phenoxy) is 1. The SMILES string of the molecule is C#CCOc1ccccc1CNCC1(C)CCN(C)CC1. The maximum absolute atomic E-state index is 5.59. The van der Waals surface area contributed by atoms with Crippen LogP contribution in [0.25, 0.3) is 0 Å². The molecule has 1 aliphatic heterocycles. The summed E-state index contributed by atoms with van der Waals surface area (Å²) in [6.07, 6.45) is 7.77. The smallest absolute Gasteiger partial charge is 0.148 e. The lowest BCUT2D eigenvalue weighted by atomic mass is 9.80. The highest BCUT2D eigenvalue weighted by Gasteiger charge is 2.28. The monoisotopic (exact) mass is 286 g/mol. The van der Waals surface area contributed by atoms with Crippen molar-refractivity contribution >= 4 is 0 Å². The van der Waals surface area contributed by atoms with E-state index in [4.69, 9.17) is 11.2 Å². The van der Waals surface area contributed by atoms with Gasteiger partial charge in [-0.15, -0.1) is 6.42 Å². The molecule has 0 saturated carbocycles. The Labute approximate surface area is 128 Å². The first-order valence-corrected chi connectivity index (χ1v) is 7.66. The number of piperidine rings is 1. The molecule has 114 valence electrons. The van der Waals surface area contributed by atoms with E-state index in [9.17, 15) is 0 Å². The zero-order valence-corrected chi connectivity index (χ0v) is 13.2. The van der Waals surface area contributed by atoms with Crippen molar-refractivity contribution in [2.24, 2.45) is 5.41 Å². The van der Waals surface area contributed by atoms with Crippen molar-refractivity contribution in [2.45, 2.75) is 26.3 Å². The minimum absolute atomic E-state index is 0.320. The largest absolute Gasteiger partial charge is 0.481 e. The van der Waals surface area contributed by atoms with Crippen molar-refractivity contribution in [3.05, 3.63) is 29.8 Å². The molecule has 0 aromatic heterocycles. The van der Waals surface area contributed by atoms with Gasteiger partial charge in [-0.2, -0.15) is 0 Å². The van der Waals surface area contributed by atoms with Gasteiger partial charge in [0.2, 0.25) is 0 Å². The van der Waals surface area contributed by atoms with Crippen LogP contribution in [-0.4, -0.2) is 38.2 Å². The number of nitrogens with one attached hydrogen (secondary N) is 1. The average molecular weight is 286 g/mol. The summed E-state index contributed by atoms with van der Waals surface area (Å²) in [5.74, 6) is 3.40. The lowest BCUT2D eigenvalue weighted by Gasteiger charge is -2.38. The number of rotatable bonds is 6. The fourth-order valence-corrected chi connectivity index (χ4v) is 2.74. The van der Waals surface area contributed by atoms with Gasteiger partial charge in [-0.1, -0.05) is 31.0 Å². The Morgan fingerprint density at radius 1 is 1.33 bits per heavy atom. The standard InChI is InChI=1S/C18H26N2O/c1-4-13-21-17-8-6-5-7-16(17)14-19-15-18(2)9-11-20(3)12-10-18/h1,5-8,19H,9-15H2,2-3H3. The Morgan fingerprint density at radius 2 is 2.05 bits per heavy atom.